The summed E-state index contributed by atoms with van der Waals surface area (Å²) in [6.07, 6.45) is 1.79. The van der Waals surface area contributed by atoms with E-state index in [1.807, 2.05) is 25.8 Å². The minimum absolute atomic E-state index is 0.205. The normalized spacial score (nSPS) is 10.6. The van der Waals surface area contributed by atoms with Crippen molar-refractivity contribution in [2.45, 2.75) is 20.4 Å². The number of hydrogen-bond acceptors (Lipinski definition) is 7. The van der Waals surface area contributed by atoms with Crippen LogP contribution >= 0.6 is 22.7 Å². The van der Waals surface area contributed by atoms with Crippen LogP contribution in [0.1, 0.15) is 26.5 Å². The van der Waals surface area contributed by atoms with Crippen LogP contribution in [0.25, 0.3) is 0 Å². The summed E-state index contributed by atoms with van der Waals surface area (Å²) in [4.78, 5) is 24.0. The third-order valence-electron chi connectivity index (χ3n) is 2.72. The molecular weight excluding hydrogens is 294 g/mol. The molecule has 1 amide bonds. The van der Waals surface area contributed by atoms with Crippen LogP contribution in [0.15, 0.2) is 6.20 Å². The Hall–Kier alpha value is -1.67. The maximum absolute atomic E-state index is 12.1. The van der Waals surface area contributed by atoms with Gasteiger partial charge in [-0.25, -0.2) is 9.97 Å². The van der Waals surface area contributed by atoms with Crippen molar-refractivity contribution < 1.29 is 4.79 Å². The van der Waals surface area contributed by atoms with Crippen LogP contribution in [0, 0.1) is 6.92 Å². The van der Waals surface area contributed by atoms with Crippen LogP contribution in [0.3, 0.4) is 0 Å². The average molecular weight is 311 g/mol. The molecule has 2 rings (SSSR count). The van der Waals surface area contributed by atoms with Crippen molar-refractivity contribution in [2.75, 3.05) is 24.2 Å². The lowest BCUT2D eigenvalue weighted by Gasteiger charge is -2.10. The van der Waals surface area contributed by atoms with Gasteiger partial charge in [-0.3, -0.25) is 4.79 Å². The number of aryl methyl sites for hydroxylation is 1. The van der Waals surface area contributed by atoms with Gasteiger partial charge in [-0.2, -0.15) is 0 Å². The molecule has 0 bridgehead atoms. The Balaban J connectivity index is 2.03. The third kappa shape index (κ3) is 3.26. The maximum Gasteiger partial charge on any atom is 0.265 e. The number of thiazole rings is 2. The van der Waals surface area contributed by atoms with Crippen LogP contribution in [0.2, 0.25) is 0 Å². The van der Waals surface area contributed by atoms with E-state index in [2.05, 4.69) is 15.3 Å². The number of nitrogens with zero attached hydrogens (tertiary/aromatic N) is 3. The van der Waals surface area contributed by atoms with E-state index < -0.39 is 0 Å². The van der Waals surface area contributed by atoms with Gasteiger partial charge in [0.25, 0.3) is 5.91 Å². The fourth-order valence-corrected chi connectivity index (χ4v) is 3.15. The smallest absolute Gasteiger partial charge is 0.265 e. The number of anilines is 2. The van der Waals surface area contributed by atoms with Crippen molar-refractivity contribution >= 4 is 39.5 Å². The topological polar surface area (TPSA) is 84.1 Å². The molecule has 0 aliphatic rings. The Morgan fingerprint density at radius 2 is 2.25 bits per heavy atom. The molecule has 0 radical (unpaired) electrons. The van der Waals surface area contributed by atoms with Crippen molar-refractivity contribution in [3.8, 4) is 0 Å². The highest BCUT2D eigenvalue weighted by molar-refractivity contribution is 7.18. The summed E-state index contributed by atoms with van der Waals surface area (Å²) in [5.74, 6) is 0.0710. The number of carbonyl (C=O) groups is 1. The van der Waals surface area contributed by atoms with Crippen molar-refractivity contribution in [2.24, 2.45) is 0 Å². The summed E-state index contributed by atoms with van der Waals surface area (Å²) in [7, 11) is 1.91. The molecule has 0 saturated heterocycles. The average Bonchev–Trinajstić information content (AvgIpc) is 3.01. The first kappa shape index (κ1) is 14.7. The summed E-state index contributed by atoms with van der Waals surface area (Å²) < 4.78 is 0. The molecule has 20 heavy (non-hydrogen) atoms. The number of hydrogen-bond donors (Lipinski definition) is 2. The van der Waals surface area contributed by atoms with Gasteiger partial charge in [0.2, 0.25) is 0 Å². The molecule has 0 unspecified atom stereocenters. The second-order valence-electron chi connectivity index (χ2n) is 4.27. The van der Waals surface area contributed by atoms with E-state index in [1.54, 1.807) is 17.5 Å². The van der Waals surface area contributed by atoms with Gasteiger partial charge >= 0.3 is 0 Å². The molecule has 2 aromatic rings. The monoisotopic (exact) mass is 311 g/mol. The molecule has 0 aromatic carbocycles. The van der Waals surface area contributed by atoms with Gasteiger partial charge in [0.1, 0.15) is 15.7 Å². The number of amides is 1. The van der Waals surface area contributed by atoms with Crippen molar-refractivity contribution in [1.82, 2.24) is 15.3 Å². The lowest BCUT2D eigenvalue weighted by molar-refractivity contribution is 0.0955. The lowest BCUT2D eigenvalue weighted by Crippen LogP contribution is -2.22. The molecule has 2 heterocycles. The zero-order valence-electron chi connectivity index (χ0n) is 11.6. The van der Waals surface area contributed by atoms with Crippen LogP contribution in [-0.2, 0) is 6.54 Å². The standard InChI is InChI=1S/C12H17N5OS2/c1-4-17(3)12-16-10(13)9(20-12)11(18)15-6-8-14-5-7(2)19-8/h5H,4,6,13H2,1-3H3,(H,15,18). The second-order valence-corrected chi connectivity index (χ2v) is 6.57. The van der Waals surface area contributed by atoms with E-state index in [0.717, 1.165) is 21.6 Å². The Morgan fingerprint density at radius 3 is 2.85 bits per heavy atom. The van der Waals surface area contributed by atoms with Crippen LogP contribution in [0.4, 0.5) is 10.9 Å². The van der Waals surface area contributed by atoms with E-state index >= 15 is 0 Å². The summed E-state index contributed by atoms with van der Waals surface area (Å²) in [5.41, 5.74) is 5.81. The number of carbonyl (C=O) groups excluding carboxylic acids is 1. The molecule has 0 saturated carbocycles. The van der Waals surface area contributed by atoms with Crippen LogP contribution in [-0.4, -0.2) is 29.5 Å². The number of rotatable bonds is 5. The molecule has 108 valence electrons. The molecule has 6 nitrogen and oxygen atoms in total. The largest absolute Gasteiger partial charge is 0.382 e. The van der Waals surface area contributed by atoms with Gasteiger partial charge < -0.3 is 16.0 Å². The predicted octanol–water partition coefficient (Wildman–Crippen LogP) is 1.88. The Bertz CT molecular complexity index is 607. The lowest BCUT2D eigenvalue weighted by atomic mass is 10.4. The minimum atomic E-state index is -0.205. The molecule has 0 aliphatic carbocycles. The van der Waals surface area contributed by atoms with Crippen molar-refractivity contribution in [3.05, 3.63) is 21.0 Å². The summed E-state index contributed by atoms with van der Waals surface area (Å²) in [5, 5.41) is 4.45. The van der Waals surface area contributed by atoms with Gasteiger partial charge in [0, 0.05) is 24.7 Å². The highest BCUT2D eigenvalue weighted by Crippen LogP contribution is 2.27. The van der Waals surface area contributed by atoms with Gasteiger partial charge in [-0.15, -0.1) is 11.3 Å². The molecule has 2 aromatic heterocycles. The van der Waals surface area contributed by atoms with E-state index in [9.17, 15) is 4.79 Å². The van der Waals surface area contributed by atoms with E-state index in [0.29, 0.717) is 11.4 Å². The summed E-state index contributed by atoms with van der Waals surface area (Å²) in [6, 6.07) is 0. The van der Waals surface area contributed by atoms with Gasteiger partial charge in [0.05, 0.1) is 6.54 Å². The highest BCUT2D eigenvalue weighted by Gasteiger charge is 2.17. The minimum Gasteiger partial charge on any atom is -0.382 e. The Labute approximate surface area is 125 Å². The molecule has 0 atom stereocenters. The number of aromatic nitrogens is 2. The third-order valence-corrected chi connectivity index (χ3v) is 4.82. The summed E-state index contributed by atoms with van der Waals surface area (Å²) >= 11 is 2.87. The predicted molar refractivity (Wildman–Crippen MR) is 83.5 cm³/mol. The van der Waals surface area contributed by atoms with Gasteiger partial charge in [-0.05, 0) is 13.8 Å². The zero-order valence-corrected chi connectivity index (χ0v) is 13.3. The molecule has 8 heteroatoms. The van der Waals surface area contributed by atoms with Gasteiger partial charge in [0.15, 0.2) is 5.13 Å². The molecular formula is C12H17N5OS2. The second kappa shape index (κ2) is 6.19. The first-order chi connectivity index (χ1) is 9.51. The van der Waals surface area contributed by atoms with Crippen LogP contribution in [0.5, 0.6) is 0 Å². The summed E-state index contributed by atoms with van der Waals surface area (Å²) in [6.45, 7) is 5.22. The number of nitrogens with two attached hydrogens (primary N) is 1. The molecule has 3 N–H and O–H groups in total. The fraction of sp³-hybridized carbons (Fsp3) is 0.417. The van der Waals surface area contributed by atoms with E-state index in [4.69, 9.17) is 5.73 Å². The Morgan fingerprint density at radius 1 is 1.50 bits per heavy atom. The SMILES string of the molecule is CCN(C)c1nc(N)c(C(=O)NCc2ncc(C)s2)s1. The fourth-order valence-electron chi connectivity index (χ4n) is 1.50. The number of nitrogens with one attached hydrogen (secondary N) is 1. The molecule has 0 fully saturated rings. The maximum atomic E-state index is 12.1. The molecule has 0 spiro atoms. The first-order valence-corrected chi connectivity index (χ1v) is 7.81. The Kier molecular flexibility index (Phi) is 4.56. The van der Waals surface area contributed by atoms with Crippen LogP contribution < -0.4 is 16.0 Å². The highest BCUT2D eigenvalue weighted by atomic mass is 32.1. The number of nitrogen functional groups attached to an aromatic ring is 1. The van der Waals surface area contributed by atoms with Crippen molar-refractivity contribution in [3.63, 3.8) is 0 Å². The van der Waals surface area contributed by atoms with E-state index in [1.165, 1.54) is 11.3 Å². The van der Waals surface area contributed by atoms with Gasteiger partial charge in [-0.1, -0.05) is 11.3 Å². The zero-order chi connectivity index (χ0) is 14.7. The molecule has 0 aliphatic heterocycles. The first-order valence-electron chi connectivity index (χ1n) is 6.18. The van der Waals surface area contributed by atoms with Crippen molar-refractivity contribution in [1.29, 1.82) is 0 Å². The van der Waals surface area contributed by atoms with E-state index in [-0.39, 0.29) is 11.7 Å². The quantitative estimate of drug-likeness (QED) is 0.880.